The van der Waals surface area contributed by atoms with E-state index in [0.717, 1.165) is 12.1 Å². The number of hydrogen-bond acceptors (Lipinski definition) is 3. The molecular weight excluding hydrogens is 231 g/mol. The zero-order valence-electron chi connectivity index (χ0n) is 8.57. The van der Waals surface area contributed by atoms with Gasteiger partial charge in [-0.25, -0.2) is 9.97 Å². The summed E-state index contributed by atoms with van der Waals surface area (Å²) < 4.78 is 37.6. The van der Waals surface area contributed by atoms with Crippen LogP contribution in [-0.4, -0.2) is 9.97 Å². The smallest absolute Gasteiger partial charge is 0.398 e. The minimum atomic E-state index is -4.39. The third-order valence-corrected chi connectivity index (χ3v) is 2.24. The topological polar surface area (TPSA) is 51.8 Å². The second-order valence-corrected chi connectivity index (χ2v) is 3.39. The Bertz CT molecular complexity index is 523. The van der Waals surface area contributed by atoms with Gasteiger partial charge in [-0.05, 0) is 24.3 Å². The predicted molar refractivity (Wildman–Crippen MR) is 56.9 cm³/mol. The van der Waals surface area contributed by atoms with Crippen molar-refractivity contribution in [3.8, 4) is 11.3 Å². The molecule has 0 fully saturated rings. The summed E-state index contributed by atoms with van der Waals surface area (Å²) in [6, 6.07) is 4.66. The first-order chi connectivity index (χ1) is 7.98. The lowest BCUT2D eigenvalue weighted by Crippen LogP contribution is -2.06. The molecule has 1 heterocycles. The van der Waals surface area contributed by atoms with Crippen LogP contribution in [0.5, 0.6) is 0 Å². The molecule has 0 aliphatic rings. The van der Waals surface area contributed by atoms with Gasteiger partial charge >= 0.3 is 6.18 Å². The van der Waals surface area contributed by atoms with E-state index in [-0.39, 0.29) is 11.3 Å². The van der Waals surface area contributed by atoms with Crippen molar-refractivity contribution in [1.29, 1.82) is 0 Å². The molecule has 0 bridgehead atoms. The molecule has 1 aromatic carbocycles. The number of anilines is 1. The van der Waals surface area contributed by atoms with Gasteiger partial charge in [-0.15, -0.1) is 0 Å². The Hall–Kier alpha value is -2.11. The van der Waals surface area contributed by atoms with Gasteiger partial charge in [0.25, 0.3) is 0 Å². The minimum Gasteiger partial charge on any atom is -0.398 e. The van der Waals surface area contributed by atoms with E-state index in [1.54, 1.807) is 0 Å². The van der Waals surface area contributed by atoms with Crippen LogP contribution in [0.4, 0.5) is 18.9 Å². The SMILES string of the molecule is Nc1ccc(C(F)(F)F)cc1-c1ccncn1. The summed E-state index contributed by atoms with van der Waals surface area (Å²) in [5, 5.41) is 0. The Morgan fingerprint density at radius 3 is 2.47 bits per heavy atom. The van der Waals surface area contributed by atoms with E-state index in [2.05, 4.69) is 9.97 Å². The number of nitrogens with two attached hydrogens (primary N) is 1. The molecule has 0 aliphatic heterocycles. The van der Waals surface area contributed by atoms with Gasteiger partial charge in [-0.3, -0.25) is 0 Å². The van der Waals surface area contributed by atoms with Crippen molar-refractivity contribution in [2.24, 2.45) is 0 Å². The van der Waals surface area contributed by atoms with Crippen molar-refractivity contribution in [1.82, 2.24) is 9.97 Å². The highest BCUT2D eigenvalue weighted by Gasteiger charge is 2.31. The van der Waals surface area contributed by atoms with Crippen LogP contribution in [0.3, 0.4) is 0 Å². The molecule has 0 unspecified atom stereocenters. The Balaban J connectivity index is 2.55. The minimum absolute atomic E-state index is 0.247. The number of halogens is 3. The molecule has 0 saturated heterocycles. The Labute approximate surface area is 95.1 Å². The second kappa shape index (κ2) is 4.04. The van der Waals surface area contributed by atoms with Crippen molar-refractivity contribution in [3.63, 3.8) is 0 Å². The molecule has 0 radical (unpaired) electrons. The van der Waals surface area contributed by atoms with Crippen LogP contribution in [0.2, 0.25) is 0 Å². The van der Waals surface area contributed by atoms with Crippen molar-refractivity contribution >= 4 is 5.69 Å². The average molecular weight is 239 g/mol. The molecule has 2 aromatic rings. The molecule has 6 heteroatoms. The number of rotatable bonds is 1. The van der Waals surface area contributed by atoms with Crippen LogP contribution in [-0.2, 0) is 6.18 Å². The second-order valence-electron chi connectivity index (χ2n) is 3.39. The van der Waals surface area contributed by atoms with Crippen molar-refractivity contribution < 1.29 is 13.2 Å². The summed E-state index contributed by atoms with van der Waals surface area (Å²) in [6.45, 7) is 0. The highest BCUT2D eigenvalue weighted by Crippen LogP contribution is 2.34. The van der Waals surface area contributed by atoms with Crippen LogP contribution >= 0.6 is 0 Å². The first kappa shape index (κ1) is 11.4. The number of benzene rings is 1. The van der Waals surface area contributed by atoms with E-state index in [4.69, 9.17) is 5.73 Å². The zero-order valence-corrected chi connectivity index (χ0v) is 8.57. The lowest BCUT2D eigenvalue weighted by Gasteiger charge is -2.10. The molecule has 17 heavy (non-hydrogen) atoms. The molecule has 88 valence electrons. The van der Waals surface area contributed by atoms with E-state index in [9.17, 15) is 13.2 Å². The van der Waals surface area contributed by atoms with Gasteiger partial charge in [0, 0.05) is 17.4 Å². The maximum atomic E-state index is 12.5. The zero-order chi connectivity index (χ0) is 12.5. The summed E-state index contributed by atoms with van der Waals surface area (Å²) in [5.41, 5.74) is 5.75. The fraction of sp³-hybridized carbons (Fsp3) is 0.0909. The predicted octanol–water partition coefficient (Wildman–Crippen LogP) is 2.74. The van der Waals surface area contributed by atoms with E-state index in [0.29, 0.717) is 5.69 Å². The summed E-state index contributed by atoms with van der Waals surface area (Å²) in [5.74, 6) is 0. The number of alkyl halides is 3. The lowest BCUT2D eigenvalue weighted by atomic mass is 10.1. The first-order valence-corrected chi connectivity index (χ1v) is 4.71. The highest BCUT2D eigenvalue weighted by atomic mass is 19.4. The van der Waals surface area contributed by atoms with Crippen LogP contribution in [0.25, 0.3) is 11.3 Å². The quantitative estimate of drug-likeness (QED) is 0.778. The molecular formula is C11H8F3N3. The fourth-order valence-electron chi connectivity index (χ4n) is 1.40. The first-order valence-electron chi connectivity index (χ1n) is 4.71. The maximum Gasteiger partial charge on any atom is 0.416 e. The van der Waals surface area contributed by atoms with Crippen molar-refractivity contribution in [2.75, 3.05) is 5.73 Å². The molecule has 0 atom stereocenters. The standard InChI is InChI=1S/C11H8F3N3/c12-11(13,14)7-1-2-9(15)8(5-7)10-3-4-16-6-17-10/h1-6H,15H2. The molecule has 2 rings (SSSR count). The number of hydrogen-bond donors (Lipinski definition) is 1. The van der Waals surface area contributed by atoms with Gasteiger partial charge in [0.1, 0.15) is 6.33 Å². The largest absolute Gasteiger partial charge is 0.416 e. The number of nitrogens with zero attached hydrogens (tertiary/aromatic N) is 2. The monoisotopic (exact) mass is 239 g/mol. The lowest BCUT2D eigenvalue weighted by molar-refractivity contribution is -0.137. The van der Waals surface area contributed by atoms with Crippen LogP contribution in [0.1, 0.15) is 5.56 Å². The van der Waals surface area contributed by atoms with Gasteiger partial charge in [0.15, 0.2) is 0 Å². The molecule has 1 aromatic heterocycles. The van der Waals surface area contributed by atoms with Crippen molar-refractivity contribution in [3.05, 3.63) is 42.4 Å². The summed E-state index contributed by atoms with van der Waals surface area (Å²) in [6.07, 6.45) is -1.69. The Morgan fingerprint density at radius 2 is 1.88 bits per heavy atom. The normalized spacial score (nSPS) is 11.5. The third kappa shape index (κ3) is 2.35. The van der Waals surface area contributed by atoms with Gasteiger partial charge in [-0.1, -0.05) is 0 Å². The van der Waals surface area contributed by atoms with Crippen molar-refractivity contribution in [2.45, 2.75) is 6.18 Å². The molecule has 0 spiro atoms. The summed E-state index contributed by atoms with van der Waals surface area (Å²) >= 11 is 0. The van der Waals surface area contributed by atoms with E-state index < -0.39 is 11.7 Å². The van der Waals surface area contributed by atoms with Gasteiger partial charge < -0.3 is 5.73 Å². The highest BCUT2D eigenvalue weighted by molar-refractivity contribution is 5.74. The molecule has 0 aliphatic carbocycles. The molecule has 3 nitrogen and oxygen atoms in total. The van der Waals surface area contributed by atoms with E-state index >= 15 is 0 Å². The Kier molecular flexibility index (Phi) is 2.71. The molecule has 0 saturated carbocycles. The molecule has 0 amide bonds. The Morgan fingerprint density at radius 1 is 1.12 bits per heavy atom. The van der Waals surface area contributed by atoms with E-state index in [1.165, 1.54) is 24.7 Å². The maximum absolute atomic E-state index is 12.5. The van der Waals surface area contributed by atoms with Gasteiger partial charge in [-0.2, -0.15) is 13.2 Å². The third-order valence-electron chi connectivity index (χ3n) is 2.24. The fourth-order valence-corrected chi connectivity index (χ4v) is 1.40. The van der Waals surface area contributed by atoms with Gasteiger partial charge in [0.2, 0.25) is 0 Å². The average Bonchev–Trinajstić information content (AvgIpc) is 2.29. The van der Waals surface area contributed by atoms with Crippen LogP contribution < -0.4 is 5.73 Å². The number of nitrogen functional groups attached to an aromatic ring is 1. The van der Waals surface area contributed by atoms with E-state index in [1.807, 2.05) is 0 Å². The van der Waals surface area contributed by atoms with Gasteiger partial charge in [0.05, 0.1) is 11.3 Å². The summed E-state index contributed by atoms with van der Waals surface area (Å²) in [4.78, 5) is 7.57. The molecule has 2 N–H and O–H groups in total. The van der Waals surface area contributed by atoms with Crippen LogP contribution in [0, 0.1) is 0 Å². The number of aromatic nitrogens is 2. The van der Waals surface area contributed by atoms with Crippen LogP contribution in [0.15, 0.2) is 36.8 Å². The summed E-state index contributed by atoms with van der Waals surface area (Å²) in [7, 11) is 0.